The van der Waals surface area contributed by atoms with E-state index in [1.54, 1.807) is 6.07 Å². The van der Waals surface area contributed by atoms with Crippen molar-refractivity contribution in [1.29, 1.82) is 0 Å². The van der Waals surface area contributed by atoms with Crippen LogP contribution >= 0.6 is 15.9 Å². The molecule has 0 radical (unpaired) electrons. The third-order valence-electron chi connectivity index (χ3n) is 2.63. The monoisotopic (exact) mass is 310 g/mol. The van der Waals surface area contributed by atoms with Crippen molar-refractivity contribution >= 4 is 21.9 Å². The second-order valence-corrected chi connectivity index (χ2v) is 4.83. The van der Waals surface area contributed by atoms with Gasteiger partial charge in [0.1, 0.15) is 11.9 Å². The molecule has 1 atom stereocenters. The van der Waals surface area contributed by atoms with Crippen LogP contribution in [0, 0.1) is 6.92 Å². The number of furan rings is 1. The molecule has 0 aliphatic heterocycles. The average molecular weight is 311 g/mol. The number of benzene rings is 1. The molecule has 94 valence electrons. The predicted molar refractivity (Wildman–Crippen MR) is 68.6 cm³/mol. The van der Waals surface area contributed by atoms with Crippen molar-refractivity contribution in [2.45, 2.75) is 13.0 Å². The summed E-state index contributed by atoms with van der Waals surface area (Å²) >= 11 is 3.34. The smallest absolute Gasteiger partial charge is 0.371 e. The highest BCUT2D eigenvalue weighted by Crippen LogP contribution is 2.28. The van der Waals surface area contributed by atoms with E-state index in [0.717, 1.165) is 10.0 Å². The van der Waals surface area contributed by atoms with Crippen molar-refractivity contribution in [3.63, 3.8) is 0 Å². The van der Waals surface area contributed by atoms with Gasteiger partial charge < -0.3 is 14.6 Å². The number of aromatic carboxylic acids is 1. The van der Waals surface area contributed by atoms with Crippen molar-refractivity contribution in [1.82, 2.24) is 0 Å². The summed E-state index contributed by atoms with van der Waals surface area (Å²) in [6, 6.07) is 8.25. The Hall–Kier alpha value is -1.59. The lowest BCUT2D eigenvalue weighted by Gasteiger charge is -2.11. The zero-order chi connectivity index (χ0) is 13.3. The number of aryl methyl sites for hydroxylation is 1. The maximum Gasteiger partial charge on any atom is 0.371 e. The Kier molecular flexibility index (Phi) is 3.54. The minimum Gasteiger partial charge on any atom is -0.475 e. The fourth-order valence-corrected chi connectivity index (χ4v) is 2.19. The second-order valence-electron chi connectivity index (χ2n) is 3.91. The maximum atomic E-state index is 10.7. The first-order valence-electron chi connectivity index (χ1n) is 5.26. The molecule has 0 bridgehead atoms. The van der Waals surface area contributed by atoms with E-state index in [4.69, 9.17) is 9.52 Å². The number of carboxylic acids is 1. The van der Waals surface area contributed by atoms with Crippen LogP contribution in [0.15, 0.2) is 39.2 Å². The summed E-state index contributed by atoms with van der Waals surface area (Å²) in [6.07, 6.45) is -0.966. The zero-order valence-electron chi connectivity index (χ0n) is 9.55. The third kappa shape index (κ3) is 2.47. The number of aliphatic hydroxyl groups is 1. The summed E-state index contributed by atoms with van der Waals surface area (Å²) in [7, 11) is 0. The number of carbonyl (C=O) groups is 1. The molecule has 0 aliphatic rings. The molecule has 0 saturated heterocycles. The van der Waals surface area contributed by atoms with E-state index < -0.39 is 12.1 Å². The molecule has 0 aliphatic carbocycles. The van der Waals surface area contributed by atoms with Gasteiger partial charge in [0, 0.05) is 4.47 Å². The molecule has 0 amide bonds. The highest BCUT2D eigenvalue weighted by Gasteiger charge is 2.18. The van der Waals surface area contributed by atoms with Gasteiger partial charge >= 0.3 is 5.97 Å². The highest BCUT2D eigenvalue weighted by molar-refractivity contribution is 9.10. The van der Waals surface area contributed by atoms with Gasteiger partial charge in [-0.3, -0.25) is 0 Å². The third-order valence-corrected chi connectivity index (χ3v) is 3.13. The van der Waals surface area contributed by atoms with Crippen molar-refractivity contribution in [3.8, 4) is 0 Å². The minimum atomic E-state index is -1.15. The summed E-state index contributed by atoms with van der Waals surface area (Å²) in [6.45, 7) is 1.87. The second kappa shape index (κ2) is 4.96. The van der Waals surface area contributed by atoms with Crippen LogP contribution in [0.2, 0.25) is 0 Å². The van der Waals surface area contributed by atoms with Crippen LogP contribution in [-0.2, 0) is 0 Å². The number of aliphatic hydroxyl groups excluding tert-OH is 1. The van der Waals surface area contributed by atoms with E-state index in [1.165, 1.54) is 12.1 Å². The van der Waals surface area contributed by atoms with E-state index >= 15 is 0 Å². The van der Waals surface area contributed by atoms with E-state index in [9.17, 15) is 9.90 Å². The average Bonchev–Trinajstić information content (AvgIpc) is 2.77. The Balaban J connectivity index is 2.35. The number of hydrogen-bond acceptors (Lipinski definition) is 3. The molecule has 5 heteroatoms. The van der Waals surface area contributed by atoms with Crippen molar-refractivity contribution in [2.75, 3.05) is 0 Å². The Bertz CT molecular complexity index is 588. The zero-order valence-corrected chi connectivity index (χ0v) is 11.1. The lowest BCUT2D eigenvalue weighted by Crippen LogP contribution is -2.01. The fourth-order valence-electron chi connectivity index (χ4n) is 1.71. The fraction of sp³-hybridized carbons (Fsp3) is 0.154. The van der Waals surface area contributed by atoms with Gasteiger partial charge in [0.2, 0.25) is 5.76 Å². The standard InChI is InChI=1S/C13H11BrO4/c1-7-6-8(14)2-3-9(7)12(15)10-4-5-11(18-10)13(16)17/h2-6,12,15H,1H3,(H,16,17). The molecule has 1 aromatic carbocycles. The molecule has 1 heterocycles. The molecule has 0 spiro atoms. The van der Waals surface area contributed by atoms with Crippen LogP contribution in [0.1, 0.15) is 33.5 Å². The van der Waals surface area contributed by atoms with Crippen LogP contribution in [-0.4, -0.2) is 16.2 Å². The Morgan fingerprint density at radius 1 is 1.33 bits per heavy atom. The quantitative estimate of drug-likeness (QED) is 0.913. The summed E-state index contributed by atoms with van der Waals surface area (Å²) in [5, 5.41) is 18.9. The minimum absolute atomic E-state index is 0.182. The number of hydrogen-bond donors (Lipinski definition) is 2. The van der Waals surface area contributed by atoms with Crippen LogP contribution in [0.4, 0.5) is 0 Å². The molecule has 2 rings (SSSR count). The van der Waals surface area contributed by atoms with Gasteiger partial charge in [0.15, 0.2) is 0 Å². The molecule has 2 aromatic rings. The van der Waals surface area contributed by atoms with Gasteiger partial charge in [-0.2, -0.15) is 0 Å². The molecule has 1 unspecified atom stereocenters. The maximum absolute atomic E-state index is 10.7. The van der Waals surface area contributed by atoms with Gasteiger partial charge in [0.25, 0.3) is 0 Å². The van der Waals surface area contributed by atoms with Crippen molar-refractivity contribution < 1.29 is 19.4 Å². The van der Waals surface area contributed by atoms with Gasteiger partial charge in [-0.15, -0.1) is 0 Å². The molecule has 0 saturated carbocycles. The van der Waals surface area contributed by atoms with Gasteiger partial charge in [-0.1, -0.05) is 22.0 Å². The van der Waals surface area contributed by atoms with E-state index in [1.807, 2.05) is 19.1 Å². The molecule has 4 nitrogen and oxygen atoms in total. The van der Waals surface area contributed by atoms with Crippen molar-refractivity contribution in [2.24, 2.45) is 0 Å². The Labute approximate surface area is 112 Å². The summed E-state index contributed by atoms with van der Waals surface area (Å²) < 4.78 is 6.00. The molecule has 0 fully saturated rings. The van der Waals surface area contributed by atoms with Crippen LogP contribution in [0.25, 0.3) is 0 Å². The molecule has 18 heavy (non-hydrogen) atoms. The van der Waals surface area contributed by atoms with Crippen LogP contribution in [0.5, 0.6) is 0 Å². The van der Waals surface area contributed by atoms with Crippen LogP contribution in [0.3, 0.4) is 0 Å². The topological polar surface area (TPSA) is 70.7 Å². The molecular weight excluding hydrogens is 300 g/mol. The lowest BCUT2D eigenvalue weighted by atomic mass is 10.0. The molecular formula is C13H11BrO4. The first kappa shape index (κ1) is 12.9. The van der Waals surface area contributed by atoms with Crippen LogP contribution < -0.4 is 0 Å². The first-order chi connectivity index (χ1) is 8.49. The summed E-state index contributed by atoms with van der Waals surface area (Å²) in [5.41, 5.74) is 1.58. The Morgan fingerprint density at radius 3 is 2.61 bits per heavy atom. The van der Waals surface area contributed by atoms with Gasteiger partial charge in [0.05, 0.1) is 0 Å². The predicted octanol–water partition coefficient (Wildman–Crippen LogP) is 3.13. The summed E-state index contributed by atoms with van der Waals surface area (Å²) in [5.74, 6) is -1.11. The van der Waals surface area contributed by atoms with E-state index in [2.05, 4.69) is 15.9 Å². The largest absolute Gasteiger partial charge is 0.475 e. The first-order valence-corrected chi connectivity index (χ1v) is 6.05. The molecule has 1 aromatic heterocycles. The Morgan fingerprint density at radius 2 is 2.06 bits per heavy atom. The summed E-state index contributed by atoms with van der Waals surface area (Å²) in [4.78, 5) is 10.7. The van der Waals surface area contributed by atoms with Gasteiger partial charge in [-0.05, 0) is 42.3 Å². The van der Waals surface area contributed by atoms with E-state index in [-0.39, 0.29) is 11.5 Å². The number of halogens is 1. The van der Waals surface area contributed by atoms with Crippen molar-refractivity contribution in [3.05, 3.63) is 57.5 Å². The number of carboxylic acid groups (broad SMARTS) is 1. The highest BCUT2D eigenvalue weighted by atomic mass is 79.9. The van der Waals surface area contributed by atoms with Gasteiger partial charge in [-0.25, -0.2) is 4.79 Å². The molecule has 2 N–H and O–H groups in total. The lowest BCUT2D eigenvalue weighted by molar-refractivity contribution is 0.0655. The number of rotatable bonds is 3. The normalized spacial score (nSPS) is 12.4. The SMILES string of the molecule is Cc1cc(Br)ccc1C(O)c1ccc(C(=O)O)o1. The van der Waals surface area contributed by atoms with E-state index in [0.29, 0.717) is 5.56 Å².